The van der Waals surface area contributed by atoms with Gasteiger partial charge in [0, 0.05) is 19.3 Å². The number of hydrogen-bond donors (Lipinski definition) is 1. The van der Waals surface area contributed by atoms with Crippen molar-refractivity contribution in [3.05, 3.63) is 29.0 Å². The Morgan fingerprint density at radius 2 is 2.16 bits per heavy atom. The maximum Gasteiger partial charge on any atom is 0.264 e. The standard InChI is InChI=1S/C16H17N7OS/c1-4-22(5-2)16(24)12-9(3)11-14-19-13(10-6-7-18-20-10)21-23(14)8-17-15(11)25-12/h6-8H,4-5H2,1-3H3,(H,18,20). The molecule has 4 aromatic rings. The molecule has 0 aliphatic heterocycles. The smallest absolute Gasteiger partial charge is 0.264 e. The van der Waals surface area contributed by atoms with E-state index < -0.39 is 0 Å². The van der Waals surface area contributed by atoms with Gasteiger partial charge in [-0.2, -0.15) is 5.10 Å². The summed E-state index contributed by atoms with van der Waals surface area (Å²) in [5.74, 6) is 0.589. The Morgan fingerprint density at radius 1 is 1.36 bits per heavy atom. The quantitative estimate of drug-likeness (QED) is 0.607. The normalized spacial score (nSPS) is 11.5. The summed E-state index contributed by atoms with van der Waals surface area (Å²) >= 11 is 1.41. The molecule has 0 aromatic carbocycles. The van der Waals surface area contributed by atoms with Crippen molar-refractivity contribution in [2.24, 2.45) is 0 Å². The summed E-state index contributed by atoms with van der Waals surface area (Å²) in [6.45, 7) is 7.27. The summed E-state index contributed by atoms with van der Waals surface area (Å²) in [5.41, 5.74) is 2.34. The van der Waals surface area contributed by atoms with Crippen molar-refractivity contribution in [1.82, 2.24) is 34.7 Å². The monoisotopic (exact) mass is 355 g/mol. The third kappa shape index (κ3) is 2.39. The van der Waals surface area contributed by atoms with Crippen LogP contribution in [0.4, 0.5) is 0 Å². The lowest BCUT2D eigenvalue weighted by atomic mass is 10.2. The van der Waals surface area contributed by atoms with Crippen LogP contribution in [-0.4, -0.2) is 53.7 Å². The molecule has 0 radical (unpaired) electrons. The van der Waals surface area contributed by atoms with Crippen molar-refractivity contribution >= 4 is 33.1 Å². The van der Waals surface area contributed by atoms with Gasteiger partial charge in [-0.1, -0.05) is 0 Å². The van der Waals surface area contributed by atoms with Crippen LogP contribution in [0.15, 0.2) is 18.6 Å². The first-order valence-corrected chi connectivity index (χ1v) is 8.89. The maximum atomic E-state index is 12.8. The van der Waals surface area contributed by atoms with Gasteiger partial charge in [-0.15, -0.1) is 16.4 Å². The van der Waals surface area contributed by atoms with Crippen molar-refractivity contribution < 1.29 is 4.79 Å². The lowest BCUT2D eigenvalue weighted by molar-refractivity contribution is 0.0777. The zero-order valence-corrected chi connectivity index (χ0v) is 15.0. The number of aromatic amines is 1. The van der Waals surface area contributed by atoms with E-state index in [1.165, 1.54) is 11.3 Å². The molecule has 128 valence electrons. The SMILES string of the molecule is CCN(CC)C(=O)c1sc2ncn3nc(-c4ccn[nH]4)nc3c2c1C. The highest BCUT2D eigenvalue weighted by atomic mass is 32.1. The number of nitrogens with one attached hydrogen (secondary N) is 1. The molecule has 0 atom stereocenters. The number of thiophene rings is 1. The number of aryl methyl sites for hydroxylation is 1. The van der Waals surface area contributed by atoms with Gasteiger partial charge < -0.3 is 4.90 Å². The van der Waals surface area contributed by atoms with Crippen molar-refractivity contribution in [3.8, 4) is 11.5 Å². The van der Waals surface area contributed by atoms with Crippen LogP contribution in [0.25, 0.3) is 27.4 Å². The molecule has 1 amide bonds. The number of aromatic nitrogens is 6. The summed E-state index contributed by atoms with van der Waals surface area (Å²) in [5, 5.41) is 12.1. The first-order valence-electron chi connectivity index (χ1n) is 8.07. The molecule has 4 heterocycles. The average Bonchev–Trinajstić information content (AvgIpc) is 3.33. The van der Waals surface area contributed by atoms with Crippen LogP contribution in [0.5, 0.6) is 0 Å². The Hall–Kier alpha value is -2.81. The zero-order valence-electron chi connectivity index (χ0n) is 14.1. The number of nitrogens with zero attached hydrogens (tertiary/aromatic N) is 6. The molecule has 8 nitrogen and oxygen atoms in total. The summed E-state index contributed by atoms with van der Waals surface area (Å²) in [6, 6.07) is 1.81. The summed E-state index contributed by atoms with van der Waals surface area (Å²) in [4.78, 5) is 25.2. The molecular weight excluding hydrogens is 338 g/mol. The van der Waals surface area contributed by atoms with E-state index in [0.29, 0.717) is 29.4 Å². The van der Waals surface area contributed by atoms with Crippen molar-refractivity contribution in [3.63, 3.8) is 0 Å². The van der Waals surface area contributed by atoms with Crippen LogP contribution >= 0.6 is 11.3 Å². The molecular formula is C16H17N7OS. The Bertz CT molecular complexity index is 1060. The highest BCUT2D eigenvalue weighted by Crippen LogP contribution is 2.33. The van der Waals surface area contributed by atoms with Gasteiger partial charge in [0.05, 0.1) is 10.3 Å². The molecule has 4 rings (SSSR count). The van der Waals surface area contributed by atoms with Gasteiger partial charge >= 0.3 is 0 Å². The van der Waals surface area contributed by atoms with Gasteiger partial charge in [-0.3, -0.25) is 9.89 Å². The number of amides is 1. The largest absolute Gasteiger partial charge is 0.338 e. The minimum atomic E-state index is 0.0388. The number of carbonyl (C=O) groups is 1. The van der Waals surface area contributed by atoms with Crippen molar-refractivity contribution in [2.45, 2.75) is 20.8 Å². The maximum absolute atomic E-state index is 12.8. The van der Waals surface area contributed by atoms with E-state index in [1.807, 2.05) is 31.7 Å². The number of carbonyl (C=O) groups excluding carboxylic acids is 1. The van der Waals surface area contributed by atoms with Crippen LogP contribution in [0.1, 0.15) is 29.1 Å². The molecule has 9 heteroatoms. The van der Waals surface area contributed by atoms with Gasteiger partial charge in [-0.25, -0.2) is 14.5 Å². The molecule has 0 unspecified atom stereocenters. The fraction of sp³-hybridized carbons (Fsp3) is 0.312. The van der Waals surface area contributed by atoms with Crippen LogP contribution in [0, 0.1) is 6.92 Å². The second kappa shape index (κ2) is 5.92. The molecule has 0 aliphatic carbocycles. The predicted octanol–water partition coefficient (Wildman–Crippen LogP) is 2.52. The van der Waals surface area contributed by atoms with Gasteiger partial charge in [0.2, 0.25) is 0 Å². The van der Waals surface area contributed by atoms with E-state index in [-0.39, 0.29) is 5.91 Å². The Labute approximate surface area is 147 Å². The van der Waals surface area contributed by atoms with E-state index in [1.54, 1.807) is 17.0 Å². The van der Waals surface area contributed by atoms with Crippen molar-refractivity contribution in [1.29, 1.82) is 0 Å². The van der Waals surface area contributed by atoms with Gasteiger partial charge in [0.1, 0.15) is 16.9 Å². The van der Waals surface area contributed by atoms with Crippen LogP contribution < -0.4 is 0 Å². The minimum absolute atomic E-state index is 0.0388. The van der Waals surface area contributed by atoms with Gasteiger partial charge in [0.25, 0.3) is 5.91 Å². The van der Waals surface area contributed by atoms with E-state index >= 15 is 0 Å². The molecule has 1 N–H and O–H groups in total. The van der Waals surface area contributed by atoms with Crippen LogP contribution in [0.3, 0.4) is 0 Å². The van der Waals surface area contributed by atoms with Crippen molar-refractivity contribution in [2.75, 3.05) is 13.1 Å². The third-order valence-electron chi connectivity index (χ3n) is 4.25. The topological polar surface area (TPSA) is 92.1 Å². The first-order chi connectivity index (χ1) is 12.1. The lowest BCUT2D eigenvalue weighted by Gasteiger charge is -2.17. The number of hydrogen-bond acceptors (Lipinski definition) is 6. The zero-order chi connectivity index (χ0) is 17.6. The number of H-pyrrole nitrogens is 1. The fourth-order valence-corrected chi connectivity index (χ4v) is 4.00. The Balaban J connectivity index is 1.91. The molecule has 0 spiro atoms. The first kappa shape index (κ1) is 15.7. The van der Waals surface area contributed by atoms with Crippen LogP contribution in [0.2, 0.25) is 0 Å². The summed E-state index contributed by atoms with van der Waals surface area (Å²) in [7, 11) is 0. The fourth-order valence-electron chi connectivity index (χ4n) is 2.89. The summed E-state index contributed by atoms with van der Waals surface area (Å²) < 4.78 is 1.64. The predicted molar refractivity (Wildman–Crippen MR) is 95.7 cm³/mol. The summed E-state index contributed by atoms with van der Waals surface area (Å²) in [6.07, 6.45) is 3.29. The molecule has 0 fully saturated rings. The molecule has 4 aromatic heterocycles. The number of rotatable bonds is 4. The Morgan fingerprint density at radius 3 is 2.84 bits per heavy atom. The highest BCUT2D eigenvalue weighted by Gasteiger charge is 2.23. The highest BCUT2D eigenvalue weighted by molar-refractivity contribution is 7.20. The molecule has 0 bridgehead atoms. The van der Waals surface area contributed by atoms with E-state index in [4.69, 9.17) is 0 Å². The minimum Gasteiger partial charge on any atom is -0.338 e. The molecule has 0 saturated heterocycles. The second-order valence-electron chi connectivity index (χ2n) is 5.63. The van der Waals surface area contributed by atoms with E-state index in [9.17, 15) is 4.79 Å². The van der Waals surface area contributed by atoms with E-state index in [0.717, 1.165) is 21.5 Å². The molecule has 0 saturated carbocycles. The van der Waals surface area contributed by atoms with Gasteiger partial charge in [-0.05, 0) is 32.4 Å². The third-order valence-corrected chi connectivity index (χ3v) is 5.44. The number of fused-ring (bicyclic) bond motifs is 3. The van der Waals surface area contributed by atoms with Gasteiger partial charge in [0.15, 0.2) is 11.5 Å². The Kier molecular flexibility index (Phi) is 3.72. The molecule has 25 heavy (non-hydrogen) atoms. The lowest BCUT2D eigenvalue weighted by Crippen LogP contribution is -2.30. The second-order valence-corrected chi connectivity index (χ2v) is 6.63. The molecule has 0 aliphatic rings. The van der Waals surface area contributed by atoms with E-state index in [2.05, 4.69) is 25.3 Å². The average molecular weight is 355 g/mol. The van der Waals surface area contributed by atoms with Crippen LogP contribution in [-0.2, 0) is 0 Å².